The van der Waals surface area contributed by atoms with Crippen LogP contribution in [0.2, 0.25) is 0 Å². The van der Waals surface area contributed by atoms with Gasteiger partial charge in [-0.15, -0.1) is 16.8 Å². The molecule has 5 rings (SSSR count). The number of nitrogens with one attached hydrogen (secondary N) is 2. The second kappa shape index (κ2) is 13.2. The number of aromatic nitrogens is 2. The number of fused-ring (bicyclic) bond motifs is 1. The van der Waals surface area contributed by atoms with Gasteiger partial charge < -0.3 is 10.2 Å². The Balaban J connectivity index is 1.57. The number of amidine groups is 1. The Morgan fingerprint density at radius 1 is 1.09 bits per heavy atom. The molecule has 0 radical (unpaired) electrons. The van der Waals surface area contributed by atoms with E-state index < -0.39 is 18.2 Å². The Labute approximate surface area is 259 Å². The van der Waals surface area contributed by atoms with Crippen molar-refractivity contribution in [1.82, 2.24) is 15.0 Å². The summed E-state index contributed by atoms with van der Waals surface area (Å²) in [7, 11) is 1.79. The second-order valence-electron chi connectivity index (χ2n) is 9.79. The van der Waals surface area contributed by atoms with Crippen LogP contribution >= 0.6 is 11.3 Å². The van der Waals surface area contributed by atoms with Crippen LogP contribution in [0.5, 0.6) is 0 Å². The quantitative estimate of drug-likeness (QED) is 0.109. The van der Waals surface area contributed by atoms with Crippen molar-refractivity contribution in [3.05, 3.63) is 112 Å². The summed E-state index contributed by atoms with van der Waals surface area (Å²) in [5, 5.41) is 5.06. The molecule has 230 valence electrons. The second-order valence-corrected chi connectivity index (χ2v) is 10.6. The van der Waals surface area contributed by atoms with E-state index in [0.717, 1.165) is 5.00 Å². The van der Waals surface area contributed by atoms with Crippen LogP contribution in [0.4, 0.5) is 18.2 Å². The topological polar surface area (TPSA) is 110 Å². The maximum atomic E-state index is 14.4. The number of carbonyl (C=O) groups is 1. The van der Waals surface area contributed by atoms with Crippen molar-refractivity contribution in [3.63, 3.8) is 0 Å². The number of anilines is 1. The number of para-hydroxylation sites is 1. The Morgan fingerprint density at radius 3 is 2.49 bits per heavy atom. The average Bonchev–Trinajstić information content (AvgIpc) is 3.52. The van der Waals surface area contributed by atoms with Gasteiger partial charge >= 0.3 is 12.1 Å². The zero-order valence-corrected chi connectivity index (χ0v) is 24.9. The predicted molar refractivity (Wildman–Crippen MR) is 170 cm³/mol. The molecule has 3 aromatic carbocycles. The summed E-state index contributed by atoms with van der Waals surface area (Å²) in [4.78, 5) is 42.7. The van der Waals surface area contributed by atoms with E-state index in [-0.39, 0.29) is 12.1 Å². The molecule has 13 heteroatoms. The molecule has 1 atom stereocenters. The molecule has 0 fully saturated rings. The van der Waals surface area contributed by atoms with Crippen molar-refractivity contribution in [3.8, 4) is 16.8 Å². The molecule has 0 spiro atoms. The molecule has 0 saturated carbocycles. The smallest absolute Gasteiger partial charge is 0.378 e. The Morgan fingerprint density at radius 2 is 1.82 bits per heavy atom. The first-order chi connectivity index (χ1) is 21.6. The maximum absolute atomic E-state index is 14.4. The number of hydrogen-bond acceptors (Lipinski definition) is 8. The molecule has 0 aliphatic heterocycles. The van der Waals surface area contributed by atoms with Gasteiger partial charge in [-0.25, -0.2) is 14.8 Å². The molecule has 0 amide bonds. The van der Waals surface area contributed by atoms with Gasteiger partial charge in [-0.05, 0) is 53.9 Å². The average molecular weight is 633 g/mol. The van der Waals surface area contributed by atoms with Gasteiger partial charge in [-0.2, -0.15) is 13.2 Å². The minimum absolute atomic E-state index is 0.140. The molecule has 0 saturated heterocycles. The summed E-state index contributed by atoms with van der Waals surface area (Å²) >= 11 is 1.42. The molecule has 2 heterocycles. The summed E-state index contributed by atoms with van der Waals surface area (Å²) < 4.78 is 38.8. The van der Waals surface area contributed by atoms with Gasteiger partial charge in [0.25, 0.3) is 5.56 Å². The number of thiazole rings is 1. The van der Waals surface area contributed by atoms with E-state index >= 15 is 0 Å². The number of benzene rings is 3. The Kier molecular flexibility index (Phi) is 9.21. The highest BCUT2D eigenvalue weighted by molar-refractivity contribution is 7.14. The van der Waals surface area contributed by atoms with E-state index in [9.17, 15) is 22.8 Å². The number of hydrogen-bond donors (Lipinski definition) is 2. The van der Waals surface area contributed by atoms with Crippen LogP contribution in [0.1, 0.15) is 29.9 Å². The summed E-state index contributed by atoms with van der Waals surface area (Å²) in [6, 6.07) is 23.0. The summed E-state index contributed by atoms with van der Waals surface area (Å²) in [6.07, 6.45) is -5.09. The number of hydroxylamine groups is 1. The van der Waals surface area contributed by atoms with Crippen LogP contribution in [-0.2, 0) is 16.2 Å². The van der Waals surface area contributed by atoms with Gasteiger partial charge in [0.05, 0.1) is 29.2 Å². The van der Waals surface area contributed by atoms with Gasteiger partial charge in [0.1, 0.15) is 10.7 Å². The molecule has 9 nitrogen and oxygen atoms in total. The molecule has 45 heavy (non-hydrogen) atoms. The summed E-state index contributed by atoms with van der Waals surface area (Å²) in [5.41, 5.74) is 7.27. The fraction of sp³-hybridized carbons (Fsp3) is 0.156. The minimum atomic E-state index is -5.09. The summed E-state index contributed by atoms with van der Waals surface area (Å²) in [6.45, 7) is 5.42. The largest absolute Gasteiger partial charge is 0.492 e. The van der Waals surface area contributed by atoms with Gasteiger partial charge in [-0.3, -0.25) is 14.4 Å². The molecule has 0 unspecified atom stereocenters. The lowest BCUT2D eigenvalue weighted by atomic mass is 9.97. The molecular weight excluding hydrogens is 605 g/mol. The third-order valence-electron chi connectivity index (χ3n) is 6.93. The van der Waals surface area contributed by atoms with Crippen molar-refractivity contribution in [1.29, 1.82) is 0 Å². The van der Waals surface area contributed by atoms with Crippen molar-refractivity contribution in [2.45, 2.75) is 25.7 Å². The number of pyridine rings is 1. The highest BCUT2D eigenvalue weighted by Gasteiger charge is 2.41. The Bertz CT molecular complexity index is 1940. The highest BCUT2D eigenvalue weighted by atomic mass is 32.1. The lowest BCUT2D eigenvalue weighted by molar-refractivity contribution is -0.207. The van der Waals surface area contributed by atoms with Crippen molar-refractivity contribution in [2.24, 2.45) is 9.98 Å². The first-order valence-electron chi connectivity index (χ1n) is 13.6. The summed E-state index contributed by atoms with van der Waals surface area (Å²) in [5.74, 6) is -1.98. The van der Waals surface area contributed by atoms with Crippen molar-refractivity contribution < 1.29 is 22.8 Å². The van der Waals surface area contributed by atoms with Gasteiger partial charge in [0.15, 0.2) is 5.84 Å². The molecule has 0 aliphatic carbocycles. The number of carbonyl (C=O) groups excluding carboxylic acids is 1. The highest BCUT2D eigenvalue weighted by Crippen LogP contribution is 2.31. The first-order valence-corrected chi connectivity index (χ1v) is 14.5. The zero-order chi connectivity index (χ0) is 32.1. The van der Waals surface area contributed by atoms with Crippen LogP contribution in [0.15, 0.2) is 99.2 Å². The zero-order valence-electron chi connectivity index (χ0n) is 24.1. The first kappa shape index (κ1) is 31.3. The standard InChI is InChI=1S/C32H27F3N6O3S/c1-19(40-28(36-2)27-29(37-3)45-18-38-27)25-16-22-8-7-11-24(26(22)30(42)41(25)23-9-5-4-6-10-23)21-14-12-20(13-15-21)17-39-44-31(43)32(33,34)35/h4-16,18-19,37,39H,2,17H2,1,3H3/t19-/m0/s1. The normalized spacial score (nSPS) is 12.6. The van der Waals surface area contributed by atoms with E-state index in [1.807, 2.05) is 67.0 Å². The molecule has 2 aromatic heterocycles. The molecular formula is C32H27F3N6O3S. The van der Waals surface area contributed by atoms with Crippen LogP contribution < -0.4 is 16.4 Å². The fourth-order valence-corrected chi connectivity index (χ4v) is 5.46. The molecule has 0 aliphatic rings. The van der Waals surface area contributed by atoms with Crippen molar-refractivity contribution >= 4 is 45.6 Å². The Hall–Kier alpha value is -5.14. The van der Waals surface area contributed by atoms with E-state index in [1.54, 1.807) is 41.4 Å². The van der Waals surface area contributed by atoms with E-state index in [1.165, 1.54) is 11.3 Å². The molecule has 0 bridgehead atoms. The van der Waals surface area contributed by atoms with E-state index in [4.69, 9.17) is 4.99 Å². The van der Waals surface area contributed by atoms with Crippen molar-refractivity contribution in [2.75, 3.05) is 12.4 Å². The van der Waals surface area contributed by atoms with Gasteiger partial charge in [0.2, 0.25) is 0 Å². The number of halogens is 3. The number of aliphatic imine (C=N–C) groups is 2. The third kappa shape index (κ3) is 6.69. The lowest BCUT2D eigenvalue weighted by Crippen LogP contribution is -2.31. The lowest BCUT2D eigenvalue weighted by Gasteiger charge is -2.19. The van der Waals surface area contributed by atoms with Crippen LogP contribution in [0.3, 0.4) is 0 Å². The molecule has 5 aromatic rings. The number of rotatable bonds is 9. The number of alkyl halides is 3. The maximum Gasteiger partial charge on any atom is 0.492 e. The van der Waals surface area contributed by atoms with Crippen LogP contribution in [0, 0.1) is 0 Å². The number of nitrogens with zero attached hydrogens (tertiary/aromatic N) is 4. The monoisotopic (exact) mass is 632 g/mol. The van der Waals surface area contributed by atoms with Crippen LogP contribution in [-0.4, -0.2) is 41.3 Å². The SMILES string of the molecule is C=NC(=N[C@@H](C)c1cc2cccc(-c3ccc(CNOC(=O)C(F)(F)F)cc3)c2c(=O)n1-c1ccccc1)c1ncsc1NC. The van der Waals surface area contributed by atoms with Gasteiger partial charge in [0, 0.05) is 12.7 Å². The third-order valence-corrected chi connectivity index (χ3v) is 7.77. The predicted octanol–water partition coefficient (Wildman–Crippen LogP) is 6.47. The molecule has 2 N–H and O–H groups in total. The van der Waals surface area contributed by atoms with Gasteiger partial charge in [-0.1, -0.05) is 60.7 Å². The van der Waals surface area contributed by atoms with E-state index in [2.05, 4.69) is 26.8 Å². The minimum Gasteiger partial charge on any atom is -0.378 e. The fourth-order valence-electron chi connectivity index (χ4n) is 4.83. The van der Waals surface area contributed by atoms with E-state index in [0.29, 0.717) is 50.4 Å². The van der Waals surface area contributed by atoms with Crippen LogP contribution in [0.25, 0.3) is 27.6 Å².